The standard InChI is InChI=1S/C6H10B2O/c1-4-2-5(7)6(8)3-9-4/h4-6H,2-3H2,1H3. The molecule has 4 radical (unpaired) electrons. The van der Waals surface area contributed by atoms with E-state index in [0.717, 1.165) is 6.42 Å². The van der Waals surface area contributed by atoms with Crippen LogP contribution in [0.15, 0.2) is 0 Å². The molecule has 1 fully saturated rings. The molecule has 0 bridgehead atoms. The van der Waals surface area contributed by atoms with Gasteiger partial charge in [-0.15, -0.1) is 0 Å². The molecule has 0 aromatic heterocycles. The average molecular weight is 120 g/mol. The molecule has 0 aromatic rings. The van der Waals surface area contributed by atoms with E-state index in [1.807, 2.05) is 6.92 Å². The van der Waals surface area contributed by atoms with Gasteiger partial charge in [-0.3, -0.25) is 0 Å². The van der Waals surface area contributed by atoms with Crippen LogP contribution in [0.2, 0.25) is 11.6 Å². The van der Waals surface area contributed by atoms with Crippen LogP contribution in [-0.2, 0) is 4.74 Å². The molecule has 1 aliphatic heterocycles. The molecule has 0 saturated carbocycles. The summed E-state index contributed by atoms with van der Waals surface area (Å²) >= 11 is 0. The maximum Gasteiger partial charge on any atom is 0.0724 e. The fourth-order valence-corrected chi connectivity index (χ4v) is 1.03. The first-order valence-electron chi connectivity index (χ1n) is 3.33. The summed E-state index contributed by atoms with van der Waals surface area (Å²) in [5.74, 6) is 0.176. The first-order valence-corrected chi connectivity index (χ1v) is 3.33. The summed E-state index contributed by atoms with van der Waals surface area (Å²) in [5.41, 5.74) is 0. The third-order valence-corrected chi connectivity index (χ3v) is 1.73. The van der Waals surface area contributed by atoms with Crippen molar-refractivity contribution in [2.45, 2.75) is 31.1 Å². The third kappa shape index (κ3) is 1.75. The van der Waals surface area contributed by atoms with E-state index < -0.39 is 0 Å². The van der Waals surface area contributed by atoms with Crippen molar-refractivity contribution in [3.8, 4) is 0 Å². The van der Waals surface area contributed by atoms with E-state index in [9.17, 15) is 0 Å². The molecule has 0 aromatic carbocycles. The van der Waals surface area contributed by atoms with Crippen LogP contribution in [0, 0.1) is 0 Å². The molecular formula is C6H10B2O. The molecule has 3 unspecified atom stereocenters. The molecule has 1 heterocycles. The molecule has 1 nitrogen and oxygen atoms in total. The topological polar surface area (TPSA) is 9.23 Å². The zero-order chi connectivity index (χ0) is 6.85. The normalized spacial score (nSPS) is 44.8. The summed E-state index contributed by atoms with van der Waals surface area (Å²) < 4.78 is 5.26. The van der Waals surface area contributed by atoms with E-state index in [4.69, 9.17) is 20.4 Å². The minimum absolute atomic E-state index is 0.0428. The second-order valence-electron chi connectivity index (χ2n) is 2.71. The Hall–Kier alpha value is 0.0899. The number of hydrogen-bond acceptors (Lipinski definition) is 1. The molecule has 0 amide bonds. The highest BCUT2D eigenvalue weighted by Gasteiger charge is 2.20. The van der Waals surface area contributed by atoms with Crippen molar-refractivity contribution in [3.05, 3.63) is 0 Å². The summed E-state index contributed by atoms with van der Waals surface area (Å²) in [6.07, 6.45) is 1.18. The lowest BCUT2D eigenvalue weighted by atomic mass is 9.64. The molecular weight excluding hydrogens is 110 g/mol. The van der Waals surface area contributed by atoms with Gasteiger partial charge in [-0.2, -0.15) is 0 Å². The minimum atomic E-state index is 0.0428. The first kappa shape index (κ1) is 7.20. The second-order valence-corrected chi connectivity index (χ2v) is 2.71. The quantitative estimate of drug-likeness (QED) is 0.427. The fourth-order valence-electron chi connectivity index (χ4n) is 1.03. The van der Waals surface area contributed by atoms with Crippen LogP contribution in [0.4, 0.5) is 0 Å². The summed E-state index contributed by atoms with van der Waals surface area (Å²) in [6, 6.07) is 0. The Kier molecular flexibility index (Phi) is 2.23. The predicted octanol–water partition coefficient (Wildman–Crippen LogP) is 0.709. The van der Waals surface area contributed by atoms with Crippen LogP contribution in [0.5, 0.6) is 0 Å². The van der Waals surface area contributed by atoms with Crippen LogP contribution in [-0.4, -0.2) is 28.4 Å². The molecule has 9 heavy (non-hydrogen) atoms. The number of hydrogen-bond donors (Lipinski definition) is 0. The summed E-state index contributed by atoms with van der Waals surface area (Å²) in [4.78, 5) is 0. The van der Waals surface area contributed by atoms with Gasteiger partial charge in [0.25, 0.3) is 0 Å². The summed E-state index contributed by atoms with van der Waals surface area (Å²) in [5, 5.41) is 0. The zero-order valence-corrected chi connectivity index (χ0v) is 5.71. The molecule has 3 heteroatoms. The van der Waals surface area contributed by atoms with E-state index in [-0.39, 0.29) is 11.6 Å². The molecule has 0 aliphatic carbocycles. The smallest absolute Gasteiger partial charge is 0.0724 e. The summed E-state index contributed by atoms with van der Waals surface area (Å²) in [6.45, 7) is 2.63. The predicted molar refractivity (Wildman–Crippen MR) is 39.0 cm³/mol. The molecule has 1 aliphatic rings. The van der Waals surface area contributed by atoms with Gasteiger partial charge in [0.15, 0.2) is 0 Å². The number of ether oxygens (including phenoxy) is 1. The Morgan fingerprint density at radius 1 is 1.33 bits per heavy atom. The van der Waals surface area contributed by atoms with Crippen LogP contribution >= 0.6 is 0 Å². The van der Waals surface area contributed by atoms with E-state index in [1.165, 1.54) is 0 Å². The highest BCUT2D eigenvalue weighted by Crippen LogP contribution is 2.29. The monoisotopic (exact) mass is 120 g/mol. The largest absolute Gasteiger partial charge is 0.379 e. The molecule has 1 saturated heterocycles. The molecule has 0 spiro atoms. The van der Waals surface area contributed by atoms with E-state index in [2.05, 4.69) is 0 Å². The Morgan fingerprint density at radius 3 is 2.44 bits per heavy atom. The van der Waals surface area contributed by atoms with E-state index in [1.54, 1.807) is 0 Å². The average Bonchev–Trinajstić information content (AvgIpc) is 1.80. The van der Waals surface area contributed by atoms with Gasteiger partial charge in [-0.1, -0.05) is 11.6 Å². The minimum Gasteiger partial charge on any atom is -0.379 e. The van der Waals surface area contributed by atoms with Gasteiger partial charge in [0.1, 0.15) is 0 Å². The first-order chi connectivity index (χ1) is 4.20. The lowest BCUT2D eigenvalue weighted by molar-refractivity contribution is 0.0297. The summed E-state index contributed by atoms with van der Waals surface area (Å²) in [7, 11) is 11.3. The van der Waals surface area contributed by atoms with Crippen molar-refractivity contribution in [1.29, 1.82) is 0 Å². The highest BCUT2D eigenvalue weighted by molar-refractivity contribution is 6.21. The van der Waals surface area contributed by atoms with Crippen LogP contribution in [0.1, 0.15) is 13.3 Å². The molecule has 0 N–H and O–H groups in total. The van der Waals surface area contributed by atoms with Crippen LogP contribution in [0.3, 0.4) is 0 Å². The van der Waals surface area contributed by atoms with Crippen molar-refractivity contribution in [2.24, 2.45) is 0 Å². The van der Waals surface area contributed by atoms with Crippen molar-refractivity contribution in [2.75, 3.05) is 6.61 Å². The van der Waals surface area contributed by atoms with Gasteiger partial charge in [0.05, 0.1) is 21.8 Å². The Morgan fingerprint density at radius 2 is 2.00 bits per heavy atom. The van der Waals surface area contributed by atoms with E-state index >= 15 is 0 Å². The van der Waals surface area contributed by atoms with Gasteiger partial charge in [0.2, 0.25) is 0 Å². The van der Waals surface area contributed by atoms with Crippen LogP contribution < -0.4 is 0 Å². The van der Waals surface area contributed by atoms with Crippen LogP contribution in [0.25, 0.3) is 0 Å². The number of rotatable bonds is 0. The lowest BCUT2D eigenvalue weighted by Crippen LogP contribution is -2.25. The van der Waals surface area contributed by atoms with Gasteiger partial charge < -0.3 is 4.74 Å². The molecule has 46 valence electrons. The maximum atomic E-state index is 5.66. The SMILES string of the molecule is [B]C1COC(C)CC1[B]. The maximum absolute atomic E-state index is 5.66. The van der Waals surface area contributed by atoms with E-state index in [0.29, 0.717) is 12.7 Å². The van der Waals surface area contributed by atoms with Crippen molar-refractivity contribution < 1.29 is 4.74 Å². The Bertz CT molecular complexity index is 97.1. The van der Waals surface area contributed by atoms with Crippen molar-refractivity contribution in [1.82, 2.24) is 0 Å². The Balaban J connectivity index is 2.35. The third-order valence-electron chi connectivity index (χ3n) is 1.73. The lowest BCUT2D eigenvalue weighted by Gasteiger charge is -2.30. The van der Waals surface area contributed by atoms with Crippen molar-refractivity contribution in [3.63, 3.8) is 0 Å². The second kappa shape index (κ2) is 2.78. The molecule has 1 rings (SSSR count). The van der Waals surface area contributed by atoms with Gasteiger partial charge in [-0.25, -0.2) is 0 Å². The fraction of sp³-hybridized carbons (Fsp3) is 1.00. The van der Waals surface area contributed by atoms with Gasteiger partial charge in [0, 0.05) is 6.61 Å². The van der Waals surface area contributed by atoms with Gasteiger partial charge in [-0.05, 0) is 13.3 Å². The highest BCUT2D eigenvalue weighted by atomic mass is 16.5. The zero-order valence-electron chi connectivity index (χ0n) is 5.71. The molecule has 3 atom stereocenters. The van der Waals surface area contributed by atoms with Crippen molar-refractivity contribution >= 4 is 15.7 Å². The van der Waals surface area contributed by atoms with Gasteiger partial charge >= 0.3 is 0 Å². The Labute approximate surface area is 59.0 Å².